The first-order chi connectivity index (χ1) is 12.8. The Morgan fingerprint density at radius 1 is 1.29 bits per heavy atom. The minimum atomic E-state index is -4.81. The fourth-order valence-corrected chi connectivity index (χ4v) is 5.95. The van der Waals surface area contributed by atoms with Gasteiger partial charge in [0.25, 0.3) is 16.0 Å². The molecule has 0 aliphatic carbocycles. The van der Waals surface area contributed by atoms with E-state index in [1.807, 2.05) is 0 Å². The minimum Gasteiger partial charge on any atom is -0.478 e. The van der Waals surface area contributed by atoms with Gasteiger partial charge in [-0.3, -0.25) is 24.8 Å². The maximum Gasteiger partial charge on any atom is 0.346 e. The number of hydrogen-bond donors (Lipinski definition) is 4. The molecule has 0 aromatic heterocycles. The summed E-state index contributed by atoms with van der Waals surface area (Å²) in [5.74, 6) is -3.20. The van der Waals surface area contributed by atoms with Crippen LogP contribution in [0, 0.1) is 0 Å². The Bertz CT molecular complexity index is 950. The first-order valence-corrected chi connectivity index (χ1v) is 10.6. The second-order valence-corrected chi connectivity index (χ2v) is 10.3. The summed E-state index contributed by atoms with van der Waals surface area (Å²) in [6.07, 6.45) is 0. The molecule has 2 aliphatic rings. The highest BCUT2D eigenvalue weighted by Gasteiger charge is 2.71. The van der Waals surface area contributed by atoms with Crippen LogP contribution in [0.25, 0.3) is 0 Å². The number of fused-ring (bicyclic) bond motifs is 1. The van der Waals surface area contributed by atoms with Crippen LogP contribution in [0.15, 0.2) is 30.3 Å². The van der Waals surface area contributed by atoms with Crippen LogP contribution in [0.3, 0.4) is 0 Å². The third-order valence-electron chi connectivity index (χ3n) is 5.02. The quantitative estimate of drug-likeness (QED) is 0.357. The number of carboxylic acids is 1. The Balaban J connectivity index is 1.86. The van der Waals surface area contributed by atoms with E-state index in [9.17, 15) is 32.5 Å². The number of carboxylic acid groups (broad SMARTS) is 1. The second kappa shape index (κ2) is 6.44. The van der Waals surface area contributed by atoms with E-state index < -0.39 is 55.0 Å². The van der Waals surface area contributed by atoms with E-state index in [0.29, 0.717) is 0 Å². The second-order valence-electron chi connectivity index (χ2n) is 7.09. The van der Waals surface area contributed by atoms with Gasteiger partial charge in [0.15, 0.2) is 5.25 Å². The molecule has 0 spiro atoms. The summed E-state index contributed by atoms with van der Waals surface area (Å²) in [4.78, 5) is 37.8. The summed E-state index contributed by atoms with van der Waals surface area (Å²) in [6.45, 7) is 3.14. The van der Waals surface area contributed by atoms with E-state index >= 15 is 0 Å². The van der Waals surface area contributed by atoms with Gasteiger partial charge in [0, 0.05) is 0 Å². The van der Waals surface area contributed by atoms with Crippen molar-refractivity contribution in [2.45, 2.75) is 40.9 Å². The van der Waals surface area contributed by atoms with Crippen molar-refractivity contribution in [2.24, 2.45) is 5.73 Å². The summed E-state index contributed by atoms with van der Waals surface area (Å²) < 4.78 is 32.0. The van der Waals surface area contributed by atoms with Gasteiger partial charge in [0.1, 0.15) is 11.4 Å². The molecule has 10 nitrogen and oxygen atoms in total. The van der Waals surface area contributed by atoms with E-state index in [1.165, 1.54) is 24.3 Å². The minimum absolute atomic E-state index is 0.0317. The standard InChI is InChI=1S/C16H19N3O7S2/c1-15(2)16(17,14(22)23)19-12(21)9(13(19)27-15)18-11(20)10(28(24,25)26)8-6-4-3-5-7-8/h3-7,9-10,13H,17H2,1-2H3,(H,18,20)(H,22,23)(H,24,25,26)/t9-,10+,13+,16-/m0/s1. The normalized spacial score (nSPS) is 29.6. The number of nitrogens with two attached hydrogens (primary N) is 1. The smallest absolute Gasteiger partial charge is 0.346 e. The topological polar surface area (TPSA) is 167 Å². The summed E-state index contributed by atoms with van der Waals surface area (Å²) in [7, 11) is -4.81. The molecule has 0 bridgehead atoms. The van der Waals surface area contributed by atoms with E-state index in [0.717, 1.165) is 16.7 Å². The van der Waals surface area contributed by atoms with Crippen LogP contribution in [0.4, 0.5) is 0 Å². The lowest BCUT2D eigenvalue weighted by molar-refractivity contribution is -0.171. The lowest BCUT2D eigenvalue weighted by atomic mass is 9.89. The van der Waals surface area contributed by atoms with Gasteiger partial charge in [-0.05, 0) is 19.4 Å². The number of benzene rings is 1. The number of carbonyl (C=O) groups excluding carboxylic acids is 2. The third kappa shape index (κ3) is 2.87. The van der Waals surface area contributed by atoms with Gasteiger partial charge in [-0.25, -0.2) is 4.79 Å². The van der Waals surface area contributed by atoms with Crippen LogP contribution in [-0.2, 0) is 24.5 Å². The molecule has 2 heterocycles. The number of aliphatic carboxylic acids is 1. The number of carbonyl (C=O) groups is 3. The van der Waals surface area contributed by atoms with E-state index in [4.69, 9.17) is 5.73 Å². The van der Waals surface area contributed by atoms with Gasteiger partial charge in [-0.15, -0.1) is 11.8 Å². The molecule has 0 saturated carbocycles. The number of thioether (sulfide) groups is 1. The SMILES string of the molecule is CC1(C)S[C@@H]2[C@@H](NC(=O)[C@@H](c3ccccc3)S(=O)(=O)O)C(=O)N2[C@@]1(N)C(=O)O. The molecular formula is C16H19N3O7S2. The average molecular weight is 429 g/mol. The molecule has 4 atom stereocenters. The first kappa shape index (κ1) is 20.6. The maximum absolute atomic E-state index is 12.6. The molecule has 28 heavy (non-hydrogen) atoms. The molecule has 2 aliphatic heterocycles. The van der Waals surface area contributed by atoms with Gasteiger partial charge < -0.3 is 10.4 Å². The van der Waals surface area contributed by atoms with Crippen molar-refractivity contribution in [3.8, 4) is 0 Å². The number of hydrogen-bond acceptors (Lipinski definition) is 7. The van der Waals surface area contributed by atoms with Crippen LogP contribution < -0.4 is 11.1 Å². The molecule has 2 fully saturated rings. The van der Waals surface area contributed by atoms with E-state index in [2.05, 4.69) is 5.32 Å². The predicted molar refractivity (Wildman–Crippen MR) is 99.5 cm³/mol. The molecule has 12 heteroatoms. The first-order valence-electron chi connectivity index (χ1n) is 8.17. The molecule has 1 aromatic rings. The Morgan fingerprint density at radius 3 is 2.36 bits per heavy atom. The highest BCUT2D eigenvalue weighted by molar-refractivity contribution is 8.01. The van der Waals surface area contributed by atoms with Gasteiger partial charge >= 0.3 is 5.97 Å². The van der Waals surface area contributed by atoms with Gasteiger partial charge in [-0.2, -0.15) is 8.42 Å². The molecule has 1 aromatic carbocycles. The fourth-order valence-electron chi connectivity index (χ4n) is 3.45. The molecule has 0 unspecified atom stereocenters. The van der Waals surface area contributed by atoms with Crippen molar-refractivity contribution in [1.82, 2.24) is 10.2 Å². The zero-order valence-corrected chi connectivity index (χ0v) is 16.5. The third-order valence-corrected chi connectivity index (χ3v) is 7.73. The molecule has 152 valence electrons. The lowest BCUT2D eigenvalue weighted by Gasteiger charge is -2.48. The molecule has 5 N–H and O–H groups in total. The zero-order chi connectivity index (χ0) is 21.1. The molecule has 0 radical (unpaired) electrons. The van der Waals surface area contributed by atoms with Crippen LogP contribution in [0.2, 0.25) is 0 Å². The summed E-state index contributed by atoms with van der Waals surface area (Å²) in [6, 6.07) is 6.17. The summed E-state index contributed by atoms with van der Waals surface area (Å²) in [5.41, 5.74) is 4.07. The van der Waals surface area contributed by atoms with Crippen molar-refractivity contribution in [3.63, 3.8) is 0 Å². The fraction of sp³-hybridized carbons (Fsp3) is 0.438. The molecule has 2 saturated heterocycles. The monoisotopic (exact) mass is 429 g/mol. The van der Waals surface area contributed by atoms with Crippen molar-refractivity contribution in [1.29, 1.82) is 0 Å². The van der Waals surface area contributed by atoms with Gasteiger partial charge in [-0.1, -0.05) is 30.3 Å². The number of amides is 2. The number of rotatable bonds is 5. The Hall–Kier alpha value is -2.15. The maximum atomic E-state index is 12.6. The Morgan fingerprint density at radius 2 is 1.86 bits per heavy atom. The average Bonchev–Trinajstić information content (AvgIpc) is 2.77. The van der Waals surface area contributed by atoms with E-state index in [-0.39, 0.29) is 5.56 Å². The Labute approximate surface area is 165 Å². The van der Waals surface area contributed by atoms with Crippen LogP contribution >= 0.6 is 11.8 Å². The Kier molecular flexibility index (Phi) is 4.73. The van der Waals surface area contributed by atoms with Crippen molar-refractivity contribution in [3.05, 3.63) is 35.9 Å². The largest absolute Gasteiger partial charge is 0.478 e. The summed E-state index contributed by atoms with van der Waals surface area (Å²) >= 11 is 1.09. The highest BCUT2D eigenvalue weighted by atomic mass is 32.2. The van der Waals surface area contributed by atoms with Gasteiger partial charge in [0.05, 0.1) is 4.75 Å². The molecule has 2 amide bonds. The van der Waals surface area contributed by atoms with Crippen molar-refractivity contribution < 1.29 is 32.5 Å². The zero-order valence-electron chi connectivity index (χ0n) is 14.9. The highest BCUT2D eigenvalue weighted by Crippen LogP contribution is 2.54. The number of β-lactam (4-membered cyclic amide) rings is 1. The molecular weight excluding hydrogens is 410 g/mol. The van der Waals surface area contributed by atoms with Crippen molar-refractivity contribution in [2.75, 3.05) is 0 Å². The van der Waals surface area contributed by atoms with Gasteiger partial charge in [0.2, 0.25) is 11.6 Å². The number of nitrogens with zero attached hydrogens (tertiary/aromatic N) is 1. The van der Waals surface area contributed by atoms with Crippen molar-refractivity contribution >= 4 is 39.7 Å². The number of nitrogens with one attached hydrogen (secondary N) is 1. The predicted octanol–water partition coefficient (Wildman–Crippen LogP) is -0.466. The van der Waals surface area contributed by atoms with Crippen LogP contribution in [0.1, 0.15) is 24.7 Å². The van der Waals surface area contributed by atoms with Crippen LogP contribution in [0.5, 0.6) is 0 Å². The van der Waals surface area contributed by atoms with E-state index in [1.54, 1.807) is 19.9 Å². The summed E-state index contributed by atoms with van der Waals surface area (Å²) in [5, 5.41) is 9.15. The van der Waals surface area contributed by atoms with Crippen LogP contribution in [-0.4, -0.2) is 62.6 Å². The lowest BCUT2D eigenvalue weighted by Crippen LogP contribution is -2.78. The molecule has 3 rings (SSSR count).